The summed E-state index contributed by atoms with van der Waals surface area (Å²) in [7, 11) is 1.59. The van der Waals surface area contributed by atoms with Gasteiger partial charge in [0.05, 0.1) is 18.4 Å². The van der Waals surface area contributed by atoms with E-state index in [2.05, 4.69) is 20.5 Å². The number of pyridine rings is 1. The van der Waals surface area contributed by atoms with Crippen molar-refractivity contribution in [2.75, 3.05) is 20.2 Å². The first-order chi connectivity index (χ1) is 19.7. The lowest BCUT2D eigenvalue weighted by Gasteiger charge is -2.40. The number of hydrogen-bond acceptors (Lipinski definition) is 8. The van der Waals surface area contributed by atoms with E-state index < -0.39 is 11.4 Å². The smallest absolute Gasteiger partial charge is 0.275 e. The predicted octanol–water partition coefficient (Wildman–Crippen LogP) is 1.95. The summed E-state index contributed by atoms with van der Waals surface area (Å²) in [5.41, 5.74) is 9.66. The second-order valence-electron chi connectivity index (χ2n) is 10.5. The molecule has 0 spiro atoms. The van der Waals surface area contributed by atoms with Gasteiger partial charge >= 0.3 is 0 Å². The molecule has 41 heavy (non-hydrogen) atoms. The van der Waals surface area contributed by atoms with Crippen LogP contribution in [0.15, 0.2) is 48.9 Å². The number of ether oxygens (including phenoxy) is 1. The summed E-state index contributed by atoms with van der Waals surface area (Å²) in [6.07, 6.45) is 5.80. The molecule has 0 atom stereocenters. The predicted molar refractivity (Wildman–Crippen MR) is 148 cm³/mol. The van der Waals surface area contributed by atoms with Crippen molar-refractivity contribution in [2.24, 2.45) is 5.73 Å². The average molecular weight is 553 g/mol. The highest BCUT2D eigenvalue weighted by molar-refractivity contribution is 6.01. The Balaban J connectivity index is 1.56. The molecule has 12 heteroatoms. The largest absolute Gasteiger partial charge is 0.496 e. The number of aromatic nitrogens is 5. The van der Waals surface area contributed by atoms with Gasteiger partial charge in [-0.2, -0.15) is 10.2 Å². The molecule has 4 heterocycles. The molecule has 1 aliphatic heterocycles. The molecular formula is C29H28N8O4. The number of fused-ring (bicyclic) bond motifs is 3. The summed E-state index contributed by atoms with van der Waals surface area (Å²) in [6, 6.07) is 9.10. The molecule has 208 valence electrons. The first-order valence-corrected chi connectivity index (χ1v) is 13.2. The van der Waals surface area contributed by atoms with E-state index in [1.165, 1.54) is 6.20 Å². The van der Waals surface area contributed by atoms with Crippen molar-refractivity contribution in [3.05, 3.63) is 71.3 Å². The monoisotopic (exact) mass is 552 g/mol. The van der Waals surface area contributed by atoms with Crippen LogP contribution in [0.1, 0.15) is 45.8 Å². The van der Waals surface area contributed by atoms with Crippen molar-refractivity contribution in [1.29, 1.82) is 0 Å². The fourth-order valence-electron chi connectivity index (χ4n) is 5.52. The third kappa shape index (κ3) is 4.28. The first-order valence-electron chi connectivity index (χ1n) is 13.2. The van der Waals surface area contributed by atoms with Gasteiger partial charge in [0.2, 0.25) is 11.8 Å². The van der Waals surface area contributed by atoms with Crippen molar-refractivity contribution in [1.82, 2.24) is 35.2 Å². The van der Waals surface area contributed by atoms with Gasteiger partial charge in [-0.3, -0.25) is 19.4 Å². The number of primary amides is 1. The van der Waals surface area contributed by atoms with E-state index >= 15 is 0 Å². The molecule has 0 saturated carbocycles. The minimum Gasteiger partial charge on any atom is -0.496 e. The Hall–Kier alpha value is -5.13. The van der Waals surface area contributed by atoms with Gasteiger partial charge in [-0.15, -0.1) is 5.10 Å². The molecule has 2 aliphatic rings. The van der Waals surface area contributed by atoms with Crippen molar-refractivity contribution in [3.63, 3.8) is 0 Å². The number of carbonyl (C=O) groups excluding carboxylic acids is 3. The molecule has 0 radical (unpaired) electrons. The number of nitrogens with two attached hydrogens (primary N) is 1. The molecule has 3 N–H and O–H groups in total. The summed E-state index contributed by atoms with van der Waals surface area (Å²) in [6.45, 7) is 4.19. The van der Waals surface area contributed by atoms with E-state index in [9.17, 15) is 14.4 Å². The van der Waals surface area contributed by atoms with Crippen molar-refractivity contribution in [3.8, 4) is 34.0 Å². The van der Waals surface area contributed by atoms with Gasteiger partial charge < -0.3 is 20.7 Å². The van der Waals surface area contributed by atoms with Crippen LogP contribution in [0.3, 0.4) is 0 Å². The van der Waals surface area contributed by atoms with Crippen LogP contribution in [0.5, 0.6) is 5.75 Å². The van der Waals surface area contributed by atoms with Crippen LogP contribution in [0.25, 0.3) is 28.2 Å². The van der Waals surface area contributed by atoms with Gasteiger partial charge in [-0.1, -0.05) is 0 Å². The molecule has 4 aromatic rings. The van der Waals surface area contributed by atoms with Crippen LogP contribution >= 0.6 is 0 Å². The number of carbonyl (C=O) groups is 3. The topological polar surface area (TPSA) is 158 Å². The number of piperazine rings is 1. The fraction of sp³-hybridized carbons (Fsp3) is 0.276. The molecule has 3 aromatic heterocycles. The highest BCUT2D eigenvalue weighted by atomic mass is 16.5. The molecule has 0 bridgehead atoms. The molecule has 1 aliphatic carbocycles. The number of aryl methyl sites for hydroxylation is 1. The summed E-state index contributed by atoms with van der Waals surface area (Å²) in [5.74, 6) is -0.0658. The average Bonchev–Trinajstić information content (AvgIpc) is 3.38. The maximum Gasteiger partial charge on any atom is 0.275 e. The van der Waals surface area contributed by atoms with Gasteiger partial charge in [0, 0.05) is 53.9 Å². The minimum atomic E-state index is -1.04. The molecule has 3 amide bonds. The van der Waals surface area contributed by atoms with E-state index in [0.29, 0.717) is 54.3 Å². The quantitative estimate of drug-likeness (QED) is 0.380. The lowest BCUT2D eigenvalue weighted by Crippen LogP contribution is -2.63. The Bertz CT molecular complexity index is 1710. The van der Waals surface area contributed by atoms with Crippen molar-refractivity contribution >= 4 is 17.7 Å². The van der Waals surface area contributed by atoms with Crippen molar-refractivity contribution in [2.45, 2.75) is 32.2 Å². The van der Waals surface area contributed by atoms with Gasteiger partial charge in [-0.05, 0) is 62.6 Å². The van der Waals surface area contributed by atoms with Crippen LogP contribution in [-0.2, 0) is 17.6 Å². The van der Waals surface area contributed by atoms with Gasteiger partial charge in [0.1, 0.15) is 11.3 Å². The molecule has 6 rings (SSSR count). The molecule has 1 saturated heterocycles. The number of nitrogens with one attached hydrogen (secondary N) is 1. The summed E-state index contributed by atoms with van der Waals surface area (Å²) in [5, 5.41) is 15.9. The zero-order valence-corrected chi connectivity index (χ0v) is 22.8. The SMILES string of the molecule is COc1cc2c(cc1-c1cncc(C(N)=O)c1)-c1c(c(C(=O)N3CCNC(=O)C3(C)C)nn1-c1cccnn1)CC2. The first kappa shape index (κ1) is 26.1. The van der Waals surface area contributed by atoms with Crippen LogP contribution in [0, 0.1) is 0 Å². The van der Waals surface area contributed by atoms with Crippen LogP contribution in [0.4, 0.5) is 0 Å². The number of amides is 3. The Morgan fingerprint density at radius 1 is 1.12 bits per heavy atom. The van der Waals surface area contributed by atoms with E-state index in [-0.39, 0.29) is 23.1 Å². The molecule has 0 unspecified atom stereocenters. The van der Waals surface area contributed by atoms with Crippen LogP contribution in [-0.4, -0.2) is 73.3 Å². The molecular weight excluding hydrogens is 524 g/mol. The van der Waals surface area contributed by atoms with E-state index in [1.54, 1.807) is 61.1 Å². The highest BCUT2D eigenvalue weighted by Gasteiger charge is 2.43. The Labute approximate surface area is 235 Å². The van der Waals surface area contributed by atoms with Crippen LogP contribution < -0.4 is 15.8 Å². The standard InChI is InChI=1S/C29H28N8O4/c1-29(2)28(40)32-9-10-36(29)27(39)24-19-7-6-16-12-22(41-3)20(17-11-18(26(30)38)15-31-14-17)13-21(16)25(19)37(35-24)23-5-4-8-33-34-23/h4-5,8,11-15H,6-7,9-10H2,1-3H3,(H2,30,38)(H,32,40). The maximum absolute atomic E-state index is 14.0. The Morgan fingerprint density at radius 3 is 2.68 bits per heavy atom. The third-order valence-electron chi connectivity index (χ3n) is 7.72. The van der Waals surface area contributed by atoms with Gasteiger partial charge in [-0.25, -0.2) is 4.68 Å². The van der Waals surface area contributed by atoms with Crippen LogP contribution in [0.2, 0.25) is 0 Å². The van der Waals surface area contributed by atoms with Gasteiger partial charge in [0.25, 0.3) is 5.91 Å². The fourth-order valence-corrected chi connectivity index (χ4v) is 5.52. The normalized spacial score (nSPS) is 15.5. The number of rotatable bonds is 5. The lowest BCUT2D eigenvalue weighted by atomic mass is 9.86. The minimum absolute atomic E-state index is 0.215. The highest BCUT2D eigenvalue weighted by Crippen LogP contribution is 2.43. The molecule has 1 aromatic carbocycles. The van der Waals surface area contributed by atoms with E-state index in [1.807, 2.05) is 12.1 Å². The Kier molecular flexibility index (Phi) is 6.24. The zero-order chi connectivity index (χ0) is 28.9. The number of benzene rings is 1. The number of nitrogens with zero attached hydrogens (tertiary/aromatic N) is 6. The van der Waals surface area contributed by atoms with Crippen molar-refractivity contribution < 1.29 is 19.1 Å². The summed E-state index contributed by atoms with van der Waals surface area (Å²) in [4.78, 5) is 44.3. The molecule has 12 nitrogen and oxygen atoms in total. The van der Waals surface area contributed by atoms with Gasteiger partial charge in [0.15, 0.2) is 11.5 Å². The molecule has 1 fully saturated rings. The summed E-state index contributed by atoms with van der Waals surface area (Å²) < 4.78 is 7.38. The second-order valence-corrected chi connectivity index (χ2v) is 10.5. The van der Waals surface area contributed by atoms with E-state index in [4.69, 9.17) is 15.6 Å². The Morgan fingerprint density at radius 2 is 1.95 bits per heavy atom. The number of hydrogen-bond donors (Lipinski definition) is 2. The second kappa shape index (κ2) is 9.81. The lowest BCUT2D eigenvalue weighted by molar-refractivity contribution is -0.133. The zero-order valence-electron chi connectivity index (χ0n) is 22.8. The maximum atomic E-state index is 14.0. The van der Waals surface area contributed by atoms with E-state index in [0.717, 1.165) is 16.7 Å². The summed E-state index contributed by atoms with van der Waals surface area (Å²) >= 11 is 0. The number of methoxy groups -OCH3 is 1. The third-order valence-corrected chi connectivity index (χ3v) is 7.72.